The highest BCUT2D eigenvalue weighted by molar-refractivity contribution is 6.01. The van der Waals surface area contributed by atoms with E-state index in [2.05, 4.69) is 15.3 Å². The van der Waals surface area contributed by atoms with Crippen LogP contribution < -0.4 is 5.32 Å². The van der Waals surface area contributed by atoms with Crippen molar-refractivity contribution in [2.24, 2.45) is 0 Å². The molecule has 2 amide bonds. The molecule has 0 aliphatic rings. The average Bonchev–Trinajstić information content (AvgIpc) is 2.53. The molecule has 0 aliphatic heterocycles. The lowest BCUT2D eigenvalue weighted by Gasteiger charge is -2.10. The number of pyridine rings is 2. The second-order valence-electron chi connectivity index (χ2n) is 4.72. The van der Waals surface area contributed by atoms with Gasteiger partial charge in [-0.1, -0.05) is 12.1 Å². The Labute approximate surface area is 128 Å². The van der Waals surface area contributed by atoms with Gasteiger partial charge in [0, 0.05) is 32.6 Å². The Hall–Kier alpha value is -3.02. The maximum Gasteiger partial charge on any atom is 0.272 e. The summed E-state index contributed by atoms with van der Waals surface area (Å²) in [6.45, 7) is 0. The summed E-state index contributed by atoms with van der Waals surface area (Å²) in [6.07, 6.45) is 6.35. The van der Waals surface area contributed by atoms with Gasteiger partial charge in [0.05, 0.1) is 0 Å². The highest BCUT2D eigenvalue weighted by atomic mass is 16.2. The first kappa shape index (κ1) is 15.4. The molecule has 0 spiro atoms. The van der Waals surface area contributed by atoms with E-state index in [-0.39, 0.29) is 17.5 Å². The fourth-order valence-electron chi connectivity index (χ4n) is 1.67. The van der Waals surface area contributed by atoms with Crippen molar-refractivity contribution in [1.29, 1.82) is 0 Å². The number of carbonyl (C=O) groups is 2. The molecule has 0 radical (unpaired) electrons. The Kier molecular flexibility index (Phi) is 4.98. The van der Waals surface area contributed by atoms with Gasteiger partial charge in [-0.2, -0.15) is 0 Å². The molecular weight excluding hydrogens is 280 g/mol. The van der Waals surface area contributed by atoms with Crippen LogP contribution in [-0.4, -0.2) is 40.8 Å². The third kappa shape index (κ3) is 4.24. The van der Waals surface area contributed by atoms with Crippen molar-refractivity contribution in [2.45, 2.75) is 0 Å². The molecule has 2 heterocycles. The SMILES string of the molecule is CN(C)C(=O)c1cccc(NC(=O)/C=C\c2cccnc2)n1. The van der Waals surface area contributed by atoms with E-state index in [1.165, 1.54) is 11.0 Å². The Morgan fingerprint density at radius 1 is 1.18 bits per heavy atom. The Morgan fingerprint density at radius 2 is 2.00 bits per heavy atom. The van der Waals surface area contributed by atoms with Gasteiger partial charge in [-0.3, -0.25) is 14.6 Å². The Bertz CT molecular complexity index is 696. The highest BCUT2D eigenvalue weighted by Crippen LogP contribution is 2.07. The predicted octanol–water partition coefficient (Wildman–Crippen LogP) is 1.83. The molecule has 2 rings (SSSR count). The first-order valence-corrected chi connectivity index (χ1v) is 6.64. The van der Waals surface area contributed by atoms with E-state index < -0.39 is 0 Å². The molecule has 22 heavy (non-hydrogen) atoms. The van der Waals surface area contributed by atoms with Gasteiger partial charge < -0.3 is 10.2 Å². The maximum absolute atomic E-state index is 11.8. The number of nitrogens with one attached hydrogen (secondary N) is 1. The third-order valence-corrected chi connectivity index (χ3v) is 2.74. The summed E-state index contributed by atoms with van der Waals surface area (Å²) in [5.74, 6) is -0.221. The van der Waals surface area contributed by atoms with Crippen molar-refractivity contribution >= 4 is 23.7 Å². The number of amides is 2. The molecule has 112 valence electrons. The maximum atomic E-state index is 11.8. The molecule has 0 atom stereocenters. The van der Waals surface area contributed by atoms with Crippen molar-refractivity contribution in [3.05, 3.63) is 60.1 Å². The van der Waals surface area contributed by atoms with Gasteiger partial charge in [0.1, 0.15) is 11.5 Å². The summed E-state index contributed by atoms with van der Waals surface area (Å²) < 4.78 is 0. The van der Waals surface area contributed by atoms with E-state index in [9.17, 15) is 9.59 Å². The number of hydrogen-bond acceptors (Lipinski definition) is 4. The van der Waals surface area contributed by atoms with Crippen LogP contribution in [0.3, 0.4) is 0 Å². The van der Waals surface area contributed by atoms with Crippen molar-refractivity contribution in [3.8, 4) is 0 Å². The van der Waals surface area contributed by atoms with E-state index in [1.54, 1.807) is 56.8 Å². The van der Waals surface area contributed by atoms with Crippen LogP contribution in [0.2, 0.25) is 0 Å². The monoisotopic (exact) mass is 296 g/mol. The van der Waals surface area contributed by atoms with Crippen LogP contribution in [0.15, 0.2) is 48.8 Å². The van der Waals surface area contributed by atoms with Gasteiger partial charge in [0.15, 0.2) is 0 Å². The van der Waals surface area contributed by atoms with E-state index in [0.717, 1.165) is 5.56 Å². The molecule has 0 saturated heterocycles. The average molecular weight is 296 g/mol. The second kappa shape index (κ2) is 7.12. The topological polar surface area (TPSA) is 75.2 Å². The van der Waals surface area contributed by atoms with Crippen molar-refractivity contribution in [1.82, 2.24) is 14.9 Å². The largest absolute Gasteiger partial charge is 0.343 e. The summed E-state index contributed by atoms with van der Waals surface area (Å²) >= 11 is 0. The van der Waals surface area contributed by atoms with Gasteiger partial charge in [0.25, 0.3) is 5.91 Å². The minimum absolute atomic E-state index is 0.220. The lowest BCUT2D eigenvalue weighted by Crippen LogP contribution is -2.23. The fraction of sp³-hybridized carbons (Fsp3) is 0.125. The third-order valence-electron chi connectivity index (χ3n) is 2.74. The summed E-state index contributed by atoms with van der Waals surface area (Å²) in [6, 6.07) is 8.52. The normalized spacial score (nSPS) is 10.5. The molecule has 2 aromatic rings. The van der Waals surface area contributed by atoms with Crippen LogP contribution in [0.25, 0.3) is 6.08 Å². The van der Waals surface area contributed by atoms with Crippen LogP contribution in [0.1, 0.15) is 16.1 Å². The lowest BCUT2D eigenvalue weighted by atomic mass is 10.2. The minimum atomic E-state index is -0.328. The van der Waals surface area contributed by atoms with Crippen molar-refractivity contribution < 1.29 is 9.59 Å². The van der Waals surface area contributed by atoms with Crippen molar-refractivity contribution in [2.75, 3.05) is 19.4 Å². The second-order valence-corrected chi connectivity index (χ2v) is 4.72. The molecule has 6 nitrogen and oxygen atoms in total. The highest BCUT2D eigenvalue weighted by Gasteiger charge is 2.10. The molecule has 2 aromatic heterocycles. The fourth-order valence-corrected chi connectivity index (χ4v) is 1.67. The molecule has 6 heteroatoms. The molecule has 0 aliphatic carbocycles. The Balaban J connectivity index is 2.04. The minimum Gasteiger partial charge on any atom is -0.343 e. The quantitative estimate of drug-likeness (QED) is 0.873. The van der Waals surface area contributed by atoms with Crippen LogP contribution in [0.5, 0.6) is 0 Å². The molecule has 0 aromatic carbocycles. The summed E-state index contributed by atoms with van der Waals surface area (Å²) in [5.41, 5.74) is 1.10. The van der Waals surface area contributed by atoms with Crippen molar-refractivity contribution in [3.63, 3.8) is 0 Å². The summed E-state index contributed by atoms with van der Waals surface area (Å²) in [5, 5.41) is 2.62. The molecule has 0 saturated carbocycles. The number of anilines is 1. The Morgan fingerprint density at radius 3 is 2.68 bits per heavy atom. The summed E-state index contributed by atoms with van der Waals surface area (Å²) in [7, 11) is 3.29. The zero-order valence-electron chi connectivity index (χ0n) is 12.4. The number of nitrogens with zero attached hydrogens (tertiary/aromatic N) is 3. The van der Waals surface area contributed by atoms with E-state index in [1.807, 2.05) is 6.07 Å². The first-order valence-electron chi connectivity index (χ1n) is 6.64. The van der Waals surface area contributed by atoms with Crippen LogP contribution >= 0.6 is 0 Å². The van der Waals surface area contributed by atoms with Crippen LogP contribution in [0.4, 0.5) is 5.82 Å². The van der Waals surface area contributed by atoms with Crippen LogP contribution in [0, 0.1) is 0 Å². The summed E-state index contributed by atoms with van der Waals surface area (Å²) in [4.78, 5) is 33.2. The number of carbonyl (C=O) groups excluding carboxylic acids is 2. The number of rotatable bonds is 4. The van der Waals surface area contributed by atoms with E-state index in [4.69, 9.17) is 0 Å². The molecule has 0 unspecified atom stereocenters. The van der Waals surface area contributed by atoms with Gasteiger partial charge in [-0.05, 0) is 29.8 Å². The molecule has 0 bridgehead atoms. The van der Waals surface area contributed by atoms with Gasteiger partial charge >= 0.3 is 0 Å². The molecule has 1 N–H and O–H groups in total. The zero-order chi connectivity index (χ0) is 15.9. The van der Waals surface area contributed by atoms with Gasteiger partial charge in [-0.25, -0.2) is 4.98 Å². The zero-order valence-corrected chi connectivity index (χ0v) is 12.4. The molecular formula is C16H16N4O2. The predicted molar refractivity (Wildman–Crippen MR) is 84.2 cm³/mol. The molecule has 0 fully saturated rings. The smallest absolute Gasteiger partial charge is 0.272 e. The number of aromatic nitrogens is 2. The standard InChI is InChI=1S/C16H16N4O2/c1-20(2)16(22)13-6-3-7-14(18-13)19-15(21)9-8-12-5-4-10-17-11-12/h3-11H,1-2H3,(H,18,19,21)/b9-8-. The number of hydrogen-bond donors (Lipinski definition) is 1. The van der Waals surface area contributed by atoms with Gasteiger partial charge in [0.2, 0.25) is 5.91 Å². The van der Waals surface area contributed by atoms with Gasteiger partial charge in [-0.15, -0.1) is 0 Å². The van der Waals surface area contributed by atoms with E-state index >= 15 is 0 Å². The first-order chi connectivity index (χ1) is 10.6. The van der Waals surface area contributed by atoms with Crippen LogP contribution in [-0.2, 0) is 4.79 Å². The lowest BCUT2D eigenvalue weighted by molar-refractivity contribution is -0.111. The van der Waals surface area contributed by atoms with E-state index in [0.29, 0.717) is 5.82 Å².